The van der Waals surface area contributed by atoms with Crippen molar-refractivity contribution >= 4 is 35.1 Å². The number of carbonyl (C=O) groups is 2. The number of fused-ring (bicyclic) bond motifs is 2. The summed E-state index contributed by atoms with van der Waals surface area (Å²) in [6.07, 6.45) is 5.15. The number of allylic oxidation sites excluding steroid dienone is 2. The average molecular weight is 396 g/mol. The molecule has 6 heteroatoms. The second-order valence-electron chi connectivity index (χ2n) is 6.89. The Balaban J connectivity index is 1.60. The van der Waals surface area contributed by atoms with Crippen molar-refractivity contribution in [3.63, 3.8) is 0 Å². The number of nitrogens with one attached hydrogen (secondary N) is 1. The molecule has 1 aromatic rings. The molecule has 0 spiro atoms. The maximum Gasteiger partial charge on any atom is 0.310 e. The number of hydrogen-bond acceptors (Lipinski definition) is 3. The zero-order chi connectivity index (χ0) is 18.5. The molecule has 0 heterocycles. The first-order valence-corrected chi connectivity index (χ1v) is 10.0. The van der Waals surface area contributed by atoms with Crippen LogP contribution in [0.2, 0.25) is 0 Å². The van der Waals surface area contributed by atoms with Gasteiger partial charge in [-0.15, -0.1) is 23.2 Å². The molecule has 1 amide bonds. The molecule has 2 aliphatic carbocycles. The molecule has 3 rings (SSSR count). The third-order valence-corrected chi connectivity index (χ3v) is 5.91. The van der Waals surface area contributed by atoms with E-state index in [1.807, 2.05) is 36.4 Å². The van der Waals surface area contributed by atoms with Gasteiger partial charge in [0.05, 0.1) is 23.6 Å². The molecule has 0 aliphatic heterocycles. The number of esters is 1. The average Bonchev–Trinajstić information content (AvgIpc) is 3.28. The lowest BCUT2D eigenvalue weighted by atomic mass is 9.82. The van der Waals surface area contributed by atoms with Gasteiger partial charge in [0.2, 0.25) is 5.91 Å². The van der Waals surface area contributed by atoms with Crippen molar-refractivity contribution in [2.45, 2.75) is 18.9 Å². The number of benzene rings is 1. The number of carbonyl (C=O) groups excluding carboxylic acids is 2. The quantitative estimate of drug-likeness (QED) is 0.417. The van der Waals surface area contributed by atoms with E-state index < -0.39 is 12.0 Å². The van der Waals surface area contributed by atoms with Crippen molar-refractivity contribution in [1.29, 1.82) is 0 Å². The van der Waals surface area contributed by atoms with E-state index in [0.29, 0.717) is 6.54 Å². The SMILES string of the molecule is O=C(OC(CCl)CCl)[C@@H]1[C@H](C(=O)NCCc2ccccc2)[C@H]2C=C[C@H]1C2. The Hall–Kier alpha value is -1.52. The smallest absolute Gasteiger partial charge is 0.310 e. The van der Waals surface area contributed by atoms with Crippen LogP contribution in [0.4, 0.5) is 0 Å². The monoisotopic (exact) mass is 395 g/mol. The van der Waals surface area contributed by atoms with Gasteiger partial charge < -0.3 is 10.1 Å². The minimum Gasteiger partial charge on any atom is -0.460 e. The minimum absolute atomic E-state index is 0.0590. The Morgan fingerprint density at radius 2 is 1.73 bits per heavy atom. The van der Waals surface area contributed by atoms with Crippen LogP contribution in [0.3, 0.4) is 0 Å². The van der Waals surface area contributed by atoms with Crippen LogP contribution in [-0.2, 0) is 20.7 Å². The maximum atomic E-state index is 12.8. The highest BCUT2D eigenvalue weighted by Crippen LogP contribution is 2.48. The summed E-state index contributed by atoms with van der Waals surface area (Å²) in [5, 5.41) is 2.99. The first kappa shape index (κ1) is 19.2. The number of amides is 1. The molecule has 1 saturated carbocycles. The van der Waals surface area contributed by atoms with Crippen molar-refractivity contribution in [1.82, 2.24) is 5.32 Å². The number of alkyl halides is 2. The standard InChI is InChI=1S/C20H23Cl2NO3/c21-11-16(12-22)26-20(25)18-15-7-6-14(10-15)17(18)19(24)23-9-8-13-4-2-1-3-5-13/h1-7,14-18H,8-12H2,(H,23,24)/t14-,15-,17+,18-/m0/s1. The van der Waals surface area contributed by atoms with Gasteiger partial charge in [-0.1, -0.05) is 42.5 Å². The fourth-order valence-corrected chi connectivity index (χ4v) is 4.40. The van der Waals surface area contributed by atoms with Gasteiger partial charge in [0, 0.05) is 6.54 Å². The van der Waals surface area contributed by atoms with Crippen LogP contribution in [0.15, 0.2) is 42.5 Å². The van der Waals surface area contributed by atoms with Crippen LogP contribution in [-0.4, -0.2) is 36.3 Å². The van der Waals surface area contributed by atoms with Crippen molar-refractivity contribution in [3.8, 4) is 0 Å². The molecule has 2 aliphatic rings. The first-order chi connectivity index (χ1) is 12.6. The fraction of sp³-hybridized carbons (Fsp3) is 0.500. The Bertz CT molecular complexity index is 660. The van der Waals surface area contributed by atoms with Crippen molar-refractivity contribution < 1.29 is 14.3 Å². The van der Waals surface area contributed by atoms with Crippen LogP contribution >= 0.6 is 23.2 Å². The predicted octanol–water partition coefficient (Wildman–Crippen LogP) is 3.17. The summed E-state index contributed by atoms with van der Waals surface area (Å²) < 4.78 is 5.42. The zero-order valence-corrected chi connectivity index (χ0v) is 16.0. The third-order valence-electron chi connectivity index (χ3n) is 5.22. The number of hydrogen-bond donors (Lipinski definition) is 1. The van der Waals surface area contributed by atoms with Crippen LogP contribution in [0.25, 0.3) is 0 Å². The Labute approximate surface area is 163 Å². The summed E-state index contributed by atoms with van der Waals surface area (Å²) in [5.41, 5.74) is 1.17. The van der Waals surface area contributed by atoms with Gasteiger partial charge in [-0.05, 0) is 30.2 Å². The summed E-state index contributed by atoms with van der Waals surface area (Å²) in [7, 11) is 0. The van der Waals surface area contributed by atoms with Gasteiger partial charge in [0.25, 0.3) is 0 Å². The highest BCUT2D eigenvalue weighted by atomic mass is 35.5. The molecule has 0 unspecified atom stereocenters. The minimum atomic E-state index is -0.518. The molecule has 1 fully saturated rings. The van der Waals surface area contributed by atoms with Crippen molar-refractivity contribution in [2.24, 2.45) is 23.7 Å². The number of rotatable bonds is 8. The second kappa shape index (κ2) is 8.92. The molecule has 140 valence electrons. The Morgan fingerprint density at radius 3 is 2.38 bits per heavy atom. The Morgan fingerprint density at radius 1 is 1.08 bits per heavy atom. The summed E-state index contributed by atoms with van der Waals surface area (Å²) >= 11 is 11.5. The summed E-state index contributed by atoms with van der Waals surface area (Å²) in [6.45, 7) is 0.550. The van der Waals surface area contributed by atoms with Gasteiger partial charge in [-0.3, -0.25) is 9.59 Å². The van der Waals surface area contributed by atoms with Crippen molar-refractivity contribution in [2.75, 3.05) is 18.3 Å². The van der Waals surface area contributed by atoms with Gasteiger partial charge in [-0.2, -0.15) is 0 Å². The molecule has 0 saturated heterocycles. The van der Waals surface area contributed by atoms with Gasteiger partial charge in [-0.25, -0.2) is 0 Å². The van der Waals surface area contributed by atoms with E-state index in [1.54, 1.807) is 0 Å². The van der Waals surface area contributed by atoms with E-state index in [2.05, 4.69) is 11.4 Å². The Kier molecular flexibility index (Phi) is 6.60. The molecule has 0 aromatic heterocycles. The molecule has 4 atom stereocenters. The fourth-order valence-electron chi connectivity index (χ4n) is 3.94. The lowest BCUT2D eigenvalue weighted by Crippen LogP contribution is -2.42. The topological polar surface area (TPSA) is 55.4 Å². The highest BCUT2D eigenvalue weighted by Gasteiger charge is 2.52. The summed E-state index contributed by atoms with van der Waals surface area (Å²) in [4.78, 5) is 25.4. The maximum absolute atomic E-state index is 12.8. The molecule has 26 heavy (non-hydrogen) atoms. The van der Waals surface area contributed by atoms with Crippen LogP contribution in [0.1, 0.15) is 12.0 Å². The predicted molar refractivity (Wildman–Crippen MR) is 102 cm³/mol. The van der Waals surface area contributed by atoms with E-state index in [-0.39, 0.29) is 41.4 Å². The second-order valence-corrected chi connectivity index (χ2v) is 7.51. The normalized spacial score (nSPS) is 26.3. The number of ether oxygens (including phenoxy) is 1. The van der Waals surface area contributed by atoms with Gasteiger partial charge in [0.1, 0.15) is 6.10 Å². The highest BCUT2D eigenvalue weighted by molar-refractivity contribution is 6.21. The summed E-state index contributed by atoms with van der Waals surface area (Å²) in [5.74, 6) is -0.803. The van der Waals surface area contributed by atoms with E-state index >= 15 is 0 Å². The molecule has 4 nitrogen and oxygen atoms in total. The van der Waals surface area contributed by atoms with E-state index in [9.17, 15) is 9.59 Å². The van der Waals surface area contributed by atoms with Crippen LogP contribution in [0.5, 0.6) is 0 Å². The van der Waals surface area contributed by atoms with Crippen LogP contribution in [0, 0.1) is 23.7 Å². The van der Waals surface area contributed by atoms with Crippen molar-refractivity contribution in [3.05, 3.63) is 48.0 Å². The molecule has 0 radical (unpaired) electrons. The third kappa shape index (κ3) is 4.24. The zero-order valence-electron chi connectivity index (χ0n) is 14.4. The lowest BCUT2D eigenvalue weighted by molar-refractivity contribution is -0.157. The molecule has 2 bridgehead atoms. The van der Waals surface area contributed by atoms with Gasteiger partial charge >= 0.3 is 5.97 Å². The van der Waals surface area contributed by atoms with E-state index in [1.165, 1.54) is 5.56 Å². The number of halogens is 2. The van der Waals surface area contributed by atoms with Crippen LogP contribution < -0.4 is 5.32 Å². The lowest BCUT2D eigenvalue weighted by Gasteiger charge is -2.27. The first-order valence-electron chi connectivity index (χ1n) is 8.96. The molecular formula is C20H23Cl2NO3. The van der Waals surface area contributed by atoms with Gasteiger partial charge in [0.15, 0.2) is 0 Å². The van der Waals surface area contributed by atoms with E-state index in [0.717, 1.165) is 12.8 Å². The molecule has 1 aromatic carbocycles. The summed E-state index contributed by atoms with van der Waals surface area (Å²) in [6, 6.07) is 9.99. The molecular weight excluding hydrogens is 373 g/mol. The van der Waals surface area contributed by atoms with E-state index in [4.69, 9.17) is 27.9 Å². The molecule has 1 N–H and O–H groups in total. The largest absolute Gasteiger partial charge is 0.460 e.